The molecule has 2 aromatic heterocycles. The van der Waals surface area contributed by atoms with Crippen molar-refractivity contribution in [3.05, 3.63) is 28.2 Å². The zero-order valence-electron chi connectivity index (χ0n) is 16.6. The first-order valence-corrected chi connectivity index (χ1v) is 10.2. The minimum Gasteiger partial charge on any atom is -0.351 e. The van der Waals surface area contributed by atoms with E-state index in [1.807, 2.05) is 0 Å². The highest BCUT2D eigenvalue weighted by Crippen LogP contribution is 2.31. The van der Waals surface area contributed by atoms with Gasteiger partial charge in [-0.2, -0.15) is 4.98 Å². The van der Waals surface area contributed by atoms with Crippen LogP contribution >= 0.6 is 0 Å². The van der Waals surface area contributed by atoms with Crippen molar-refractivity contribution in [2.24, 2.45) is 0 Å². The number of piperidine rings is 1. The number of hydrogen-bond donors (Lipinski definition) is 2. The van der Waals surface area contributed by atoms with E-state index in [-0.39, 0.29) is 23.1 Å². The predicted molar refractivity (Wildman–Crippen MR) is 109 cm³/mol. The highest BCUT2D eigenvalue weighted by molar-refractivity contribution is 5.96. The SMILES string of the molecule is CN(C)C(=O)c1cc2cnc(NC3CCNCC3)nc2n(C2CCCC2)c1=O. The fourth-order valence-electron chi connectivity index (χ4n) is 4.23. The Hall–Kier alpha value is -2.48. The Morgan fingerprint density at radius 2 is 1.93 bits per heavy atom. The van der Waals surface area contributed by atoms with Crippen molar-refractivity contribution in [1.82, 2.24) is 24.8 Å². The Morgan fingerprint density at radius 3 is 2.61 bits per heavy atom. The molecule has 8 heteroatoms. The number of nitrogens with one attached hydrogen (secondary N) is 2. The van der Waals surface area contributed by atoms with E-state index < -0.39 is 0 Å². The highest BCUT2D eigenvalue weighted by Gasteiger charge is 2.25. The molecule has 8 nitrogen and oxygen atoms in total. The molecule has 2 fully saturated rings. The molecular formula is C20H28N6O2. The minimum absolute atomic E-state index is 0.0894. The van der Waals surface area contributed by atoms with Gasteiger partial charge in [0.25, 0.3) is 11.5 Å². The second kappa shape index (κ2) is 7.87. The van der Waals surface area contributed by atoms with E-state index in [9.17, 15) is 9.59 Å². The van der Waals surface area contributed by atoms with Crippen LogP contribution in [0.25, 0.3) is 11.0 Å². The maximum Gasteiger partial charge on any atom is 0.265 e. The van der Waals surface area contributed by atoms with E-state index in [1.54, 1.807) is 30.9 Å². The Kier molecular flexibility index (Phi) is 5.30. The standard InChI is InChI=1S/C20H28N6O2/c1-25(2)18(27)16-11-13-12-22-20(23-14-7-9-21-10-8-14)24-17(13)26(19(16)28)15-5-3-4-6-15/h11-12,14-15,21H,3-10H2,1-2H3,(H,22,23,24). The summed E-state index contributed by atoms with van der Waals surface area (Å²) in [4.78, 5) is 36.4. The number of fused-ring (bicyclic) bond motifs is 1. The Balaban J connectivity index is 1.80. The van der Waals surface area contributed by atoms with E-state index in [4.69, 9.17) is 4.98 Å². The Bertz CT molecular complexity index is 926. The van der Waals surface area contributed by atoms with Crippen LogP contribution in [0.2, 0.25) is 0 Å². The molecule has 0 bridgehead atoms. The van der Waals surface area contributed by atoms with Crippen molar-refractivity contribution in [3.63, 3.8) is 0 Å². The molecule has 1 aliphatic carbocycles. The van der Waals surface area contributed by atoms with Crippen LogP contribution in [-0.4, -0.2) is 58.6 Å². The van der Waals surface area contributed by atoms with Crippen molar-refractivity contribution in [2.45, 2.75) is 50.6 Å². The first-order chi connectivity index (χ1) is 13.5. The minimum atomic E-state index is -0.282. The molecule has 1 saturated heterocycles. The van der Waals surface area contributed by atoms with Crippen molar-refractivity contribution in [2.75, 3.05) is 32.5 Å². The molecule has 1 amide bonds. The molecule has 2 aliphatic rings. The lowest BCUT2D eigenvalue weighted by Gasteiger charge is -2.24. The van der Waals surface area contributed by atoms with E-state index in [1.165, 1.54) is 4.90 Å². The van der Waals surface area contributed by atoms with Crippen LogP contribution in [-0.2, 0) is 0 Å². The summed E-state index contributed by atoms with van der Waals surface area (Å²) in [6, 6.07) is 2.06. The van der Waals surface area contributed by atoms with Gasteiger partial charge in [0.15, 0.2) is 0 Å². The molecule has 0 atom stereocenters. The predicted octanol–water partition coefficient (Wildman–Crippen LogP) is 1.77. The monoisotopic (exact) mass is 384 g/mol. The second-order valence-electron chi connectivity index (χ2n) is 8.01. The molecule has 28 heavy (non-hydrogen) atoms. The third kappa shape index (κ3) is 3.61. The van der Waals surface area contributed by atoms with Gasteiger partial charge in [-0.3, -0.25) is 14.2 Å². The van der Waals surface area contributed by atoms with Crippen molar-refractivity contribution < 1.29 is 4.79 Å². The lowest BCUT2D eigenvalue weighted by atomic mass is 10.1. The third-order valence-electron chi connectivity index (χ3n) is 5.77. The summed E-state index contributed by atoms with van der Waals surface area (Å²) in [5, 5.41) is 7.49. The van der Waals surface area contributed by atoms with Gasteiger partial charge < -0.3 is 15.5 Å². The van der Waals surface area contributed by atoms with Gasteiger partial charge in [0.2, 0.25) is 5.95 Å². The van der Waals surface area contributed by atoms with E-state index in [0.717, 1.165) is 57.0 Å². The summed E-state index contributed by atoms with van der Waals surface area (Å²) in [6.45, 7) is 1.96. The maximum absolute atomic E-state index is 13.2. The van der Waals surface area contributed by atoms with E-state index in [0.29, 0.717) is 17.6 Å². The Labute approximate surface area is 164 Å². The van der Waals surface area contributed by atoms with Gasteiger partial charge in [0.1, 0.15) is 11.2 Å². The molecule has 1 saturated carbocycles. The molecule has 0 radical (unpaired) electrons. The molecule has 1 aliphatic heterocycles. The van der Waals surface area contributed by atoms with Gasteiger partial charge in [0, 0.05) is 37.8 Å². The third-order valence-corrected chi connectivity index (χ3v) is 5.77. The first kappa shape index (κ1) is 18.9. The topological polar surface area (TPSA) is 92.2 Å². The summed E-state index contributed by atoms with van der Waals surface area (Å²) in [5.41, 5.74) is 0.565. The number of anilines is 1. The highest BCUT2D eigenvalue weighted by atomic mass is 16.2. The summed E-state index contributed by atoms with van der Waals surface area (Å²) in [6.07, 6.45) is 7.83. The fourth-order valence-corrected chi connectivity index (χ4v) is 4.23. The van der Waals surface area contributed by atoms with Gasteiger partial charge in [-0.05, 0) is 44.8 Å². The average Bonchev–Trinajstić information content (AvgIpc) is 3.22. The number of carbonyl (C=O) groups excluding carboxylic acids is 1. The summed E-state index contributed by atoms with van der Waals surface area (Å²) >= 11 is 0. The Morgan fingerprint density at radius 1 is 1.21 bits per heavy atom. The van der Waals surface area contributed by atoms with Crippen molar-refractivity contribution in [3.8, 4) is 0 Å². The zero-order chi connectivity index (χ0) is 19.7. The lowest BCUT2D eigenvalue weighted by Crippen LogP contribution is -2.36. The van der Waals surface area contributed by atoms with Crippen LogP contribution in [0.5, 0.6) is 0 Å². The second-order valence-corrected chi connectivity index (χ2v) is 8.01. The maximum atomic E-state index is 13.2. The van der Waals surface area contributed by atoms with Gasteiger partial charge in [-0.1, -0.05) is 12.8 Å². The normalized spacial score (nSPS) is 18.5. The molecular weight excluding hydrogens is 356 g/mol. The van der Waals surface area contributed by atoms with E-state index in [2.05, 4.69) is 15.6 Å². The van der Waals surface area contributed by atoms with Crippen LogP contribution in [0.15, 0.2) is 17.1 Å². The van der Waals surface area contributed by atoms with Crippen molar-refractivity contribution >= 4 is 22.9 Å². The summed E-state index contributed by atoms with van der Waals surface area (Å²) in [5.74, 6) is 0.271. The molecule has 0 aromatic carbocycles. The molecule has 2 N–H and O–H groups in total. The molecule has 150 valence electrons. The number of hydrogen-bond acceptors (Lipinski definition) is 6. The van der Waals surface area contributed by atoms with Crippen LogP contribution < -0.4 is 16.2 Å². The summed E-state index contributed by atoms with van der Waals surface area (Å²) < 4.78 is 1.74. The molecule has 4 rings (SSSR count). The van der Waals surface area contributed by atoms with Crippen LogP contribution in [0.4, 0.5) is 5.95 Å². The fraction of sp³-hybridized carbons (Fsp3) is 0.600. The molecule has 2 aromatic rings. The number of rotatable bonds is 4. The van der Waals surface area contributed by atoms with Crippen LogP contribution in [0.1, 0.15) is 54.9 Å². The van der Waals surface area contributed by atoms with Gasteiger partial charge >= 0.3 is 0 Å². The van der Waals surface area contributed by atoms with E-state index >= 15 is 0 Å². The number of nitrogens with zero attached hydrogens (tertiary/aromatic N) is 4. The average molecular weight is 384 g/mol. The number of aromatic nitrogens is 3. The smallest absolute Gasteiger partial charge is 0.265 e. The molecule has 0 spiro atoms. The van der Waals surface area contributed by atoms with Crippen molar-refractivity contribution in [1.29, 1.82) is 0 Å². The lowest BCUT2D eigenvalue weighted by molar-refractivity contribution is 0.0825. The zero-order valence-corrected chi connectivity index (χ0v) is 16.6. The molecule has 0 unspecified atom stereocenters. The first-order valence-electron chi connectivity index (χ1n) is 10.2. The number of pyridine rings is 1. The van der Waals surface area contributed by atoms with Gasteiger partial charge in [-0.25, -0.2) is 4.98 Å². The quantitative estimate of drug-likeness (QED) is 0.835. The number of carbonyl (C=O) groups is 1. The van der Waals surface area contributed by atoms with Gasteiger partial charge in [-0.15, -0.1) is 0 Å². The summed E-state index contributed by atoms with van der Waals surface area (Å²) in [7, 11) is 3.32. The van der Waals surface area contributed by atoms with Crippen LogP contribution in [0, 0.1) is 0 Å². The molecule has 3 heterocycles. The number of amides is 1. The van der Waals surface area contributed by atoms with Crippen LogP contribution in [0.3, 0.4) is 0 Å². The van der Waals surface area contributed by atoms with Gasteiger partial charge in [0.05, 0.1) is 0 Å². The largest absolute Gasteiger partial charge is 0.351 e.